The number of carbonyl (C=O) groups excluding carboxylic acids is 2. The van der Waals surface area contributed by atoms with Crippen LogP contribution >= 0.6 is 0 Å². The largest absolute Gasteiger partial charge is 0.490 e. The minimum absolute atomic E-state index is 0.162. The molecule has 0 aliphatic carbocycles. The number of rotatable bonds is 8. The van der Waals surface area contributed by atoms with Crippen molar-refractivity contribution in [1.82, 2.24) is 5.32 Å². The molecule has 0 bridgehead atoms. The smallest absolute Gasteiger partial charge is 0.255 e. The minimum Gasteiger partial charge on any atom is -0.490 e. The molecule has 28 heavy (non-hydrogen) atoms. The second kappa shape index (κ2) is 9.90. The molecule has 0 saturated carbocycles. The van der Waals surface area contributed by atoms with Gasteiger partial charge in [0.25, 0.3) is 5.91 Å². The Hall–Kier alpha value is -2.86. The molecule has 1 fully saturated rings. The summed E-state index contributed by atoms with van der Waals surface area (Å²) in [5.41, 5.74) is 2.32. The lowest BCUT2D eigenvalue weighted by Crippen LogP contribution is -2.35. The first-order valence-electron chi connectivity index (χ1n) is 9.57. The molecule has 1 N–H and O–H groups in total. The third kappa shape index (κ3) is 5.10. The second-order valence-corrected chi connectivity index (χ2v) is 6.69. The quantitative estimate of drug-likeness (QED) is 0.712. The van der Waals surface area contributed by atoms with Crippen molar-refractivity contribution >= 4 is 17.5 Å². The van der Waals surface area contributed by atoms with Gasteiger partial charge in [-0.2, -0.15) is 0 Å². The maximum Gasteiger partial charge on any atom is 0.255 e. The third-order valence-electron chi connectivity index (χ3n) is 4.68. The Kier molecular flexibility index (Phi) is 7.03. The van der Waals surface area contributed by atoms with Gasteiger partial charge in [0.1, 0.15) is 12.4 Å². The van der Waals surface area contributed by atoms with Crippen molar-refractivity contribution in [2.75, 3.05) is 31.8 Å². The highest BCUT2D eigenvalue weighted by Gasteiger charge is 2.19. The van der Waals surface area contributed by atoms with Gasteiger partial charge in [-0.1, -0.05) is 24.3 Å². The molecule has 0 unspecified atom stereocenters. The molecule has 6 nitrogen and oxygen atoms in total. The predicted octanol–water partition coefficient (Wildman–Crippen LogP) is 3.16. The summed E-state index contributed by atoms with van der Waals surface area (Å²) in [5, 5.41) is 2.93. The van der Waals surface area contributed by atoms with Gasteiger partial charge >= 0.3 is 0 Å². The molecule has 2 amide bonds. The Labute approximate surface area is 165 Å². The van der Waals surface area contributed by atoms with Crippen LogP contribution in [0.25, 0.3) is 0 Å². The standard InChI is InChI=1S/C22H26N2O4/c1-27-13-14-28-20-10-3-2-9-19(20)22(26)23-16-17-7-6-8-18(15-17)24-12-5-4-11-21(24)25/h2-3,6-10,15H,4-5,11-14,16H2,1H3,(H,23,26). The molecule has 1 saturated heterocycles. The van der Waals surface area contributed by atoms with Crippen LogP contribution in [0.4, 0.5) is 5.69 Å². The predicted molar refractivity (Wildman–Crippen MR) is 108 cm³/mol. The zero-order valence-electron chi connectivity index (χ0n) is 16.1. The molecule has 148 valence electrons. The van der Waals surface area contributed by atoms with E-state index < -0.39 is 0 Å². The van der Waals surface area contributed by atoms with Crippen molar-refractivity contribution in [3.05, 3.63) is 59.7 Å². The van der Waals surface area contributed by atoms with Crippen molar-refractivity contribution in [1.29, 1.82) is 0 Å². The Balaban J connectivity index is 1.64. The summed E-state index contributed by atoms with van der Waals surface area (Å²) in [5.74, 6) is 0.492. The van der Waals surface area contributed by atoms with Gasteiger partial charge in [0.05, 0.1) is 12.2 Å². The monoisotopic (exact) mass is 382 g/mol. The van der Waals surface area contributed by atoms with Gasteiger partial charge in [-0.15, -0.1) is 0 Å². The fourth-order valence-corrected chi connectivity index (χ4v) is 3.21. The minimum atomic E-state index is -0.201. The Bertz CT molecular complexity index is 822. The van der Waals surface area contributed by atoms with E-state index in [0.29, 0.717) is 37.5 Å². The summed E-state index contributed by atoms with van der Waals surface area (Å²) >= 11 is 0. The van der Waals surface area contributed by atoms with Gasteiger partial charge < -0.3 is 19.7 Å². The van der Waals surface area contributed by atoms with Crippen LogP contribution in [0, 0.1) is 0 Å². The number of ether oxygens (including phenoxy) is 2. The van der Waals surface area contributed by atoms with Gasteiger partial charge in [0, 0.05) is 32.3 Å². The third-order valence-corrected chi connectivity index (χ3v) is 4.68. The number of benzene rings is 2. The molecule has 3 rings (SSSR count). The highest BCUT2D eigenvalue weighted by atomic mass is 16.5. The molecular formula is C22H26N2O4. The number of nitrogens with one attached hydrogen (secondary N) is 1. The molecule has 0 spiro atoms. The first-order valence-corrected chi connectivity index (χ1v) is 9.57. The highest BCUT2D eigenvalue weighted by Crippen LogP contribution is 2.22. The van der Waals surface area contributed by atoms with Crippen molar-refractivity contribution in [2.24, 2.45) is 0 Å². The highest BCUT2D eigenvalue weighted by molar-refractivity contribution is 5.97. The van der Waals surface area contributed by atoms with Crippen LogP contribution in [0.15, 0.2) is 48.5 Å². The average Bonchev–Trinajstić information content (AvgIpc) is 2.73. The average molecular weight is 382 g/mol. The van der Waals surface area contributed by atoms with E-state index in [2.05, 4.69) is 5.32 Å². The topological polar surface area (TPSA) is 67.9 Å². The first kappa shape index (κ1) is 19.9. The van der Waals surface area contributed by atoms with Gasteiger partial charge in [0.15, 0.2) is 0 Å². The lowest BCUT2D eigenvalue weighted by molar-refractivity contribution is -0.119. The Morgan fingerprint density at radius 3 is 2.79 bits per heavy atom. The van der Waals surface area contributed by atoms with E-state index in [0.717, 1.165) is 30.6 Å². The number of para-hydroxylation sites is 1. The maximum atomic E-state index is 12.6. The molecule has 2 aromatic carbocycles. The normalized spacial score (nSPS) is 14.0. The fourth-order valence-electron chi connectivity index (χ4n) is 3.21. The zero-order valence-corrected chi connectivity index (χ0v) is 16.1. The fraction of sp³-hybridized carbons (Fsp3) is 0.364. The summed E-state index contributed by atoms with van der Waals surface area (Å²) in [6.07, 6.45) is 2.57. The van der Waals surface area contributed by atoms with E-state index in [1.807, 2.05) is 35.2 Å². The van der Waals surface area contributed by atoms with Crippen LogP contribution < -0.4 is 15.0 Å². The number of piperidine rings is 1. The molecular weight excluding hydrogens is 356 g/mol. The van der Waals surface area contributed by atoms with Gasteiger partial charge in [-0.05, 0) is 42.7 Å². The summed E-state index contributed by atoms with van der Waals surface area (Å²) in [6.45, 7) is 1.96. The molecule has 0 aromatic heterocycles. The van der Waals surface area contributed by atoms with Crippen molar-refractivity contribution in [3.63, 3.8) is 0 Å². The number of hydrogen-bond donors (Lipinski definition) is 1. The molecule has 6 heteroatoms. The van der Waals surface area contributed by atoms with Crippen LogP contribution in [-0.4, -0.2) is 38.7 Å². The number of nitrogens with zero attached hydrogens (tertiary/aromatic N) is 1. The van der Waals surface area contributed by atoms with Gasteiger partial charge in [0.2, 0.25) is 5.91 Å². The van der Waals surface area contributed by atoms with Crippen LogP contribution in [0.3, 0.4) is 0 Å². The Morgan fingerprint density at radius 1 is 1.11 bits per heavy atom. The van der Waals surface area contributed by atoms with Crippen LogP contribution in [0.2, 0.25) is 0 Å². The molecule has 1 heterocycles. The maximum absolute atomic E-state index is 12.6. The number of amides is 2. The number of methoxy groups -OCH3 is 1. The lowest BCUT2D eigenvalue weighted by atomic mass is 10.1. The van der Waals surface area contributed by atoms with E-state index in [4.69, 9.17) is 9.47 Å². The van der Waals surface area contributed by atoms with Crippen LogP contribution in [-0.2, 0) is 16.1 Å². The number of anilines is 1. The van der Waals surface area contributed by atoms with E-state index in [9.17, 15) is 9.59 Å². The lowest BCUT2D eigenvalue weighted by Gasteiger charge is -2.27. The summed E-state index contributed by atoms with van der Waals surface area (Å²) in [7, 11) is 1.60. The van der Waals surface area contributed by atoms with Crippen LogP contribution in [0.5, 0.6) is 5.75 Å². The summed E-state index contributed by atoms with van der Waals surface area (Å²) in [6, 6.07) is 14.9. The first-order chi connectivity index (χ1) is 13.7. The summed E-state index contributed by atoms with van der Waals surface area (Å²) < 4.78 is 10.6. The molecule has 1 aliphatic heterocycles. The second-order valence-electron chi connectivity index (χ2n) is 6.69. The summed E-state index contributed by atoms with van der Waals surface area (Å²) in [4.78, 5) is 26.6. The van der Waals surface area contributed by atoms with Crippen molar-refractivity contribution in [2.45, 2.75) is 25.8 Å². The van der Waals surface area contributed by atoms with Crippen LogP contribution in [0.1, 0.15) is 35.2 Å². The molecule has 2 aromatic rings. The van der Waals surface area contributed by atoms with E-state index in [1.165, 1.54) is 0 Å². The van der Waals surface area contributed by atoms with E-state index >= 15 is 0 Å². The van der Waals surface area contributed by atoms with E-state index in [1.54, 1.807) is 25.3 Å². The number of hydrogen-bond acceptors (Lipinski definition) is 4. The molecule has 1 aliphatic rings. The SMILES string of the molecule is COCCOc1ccccc1C(=O)NCc1cccc(N2CCCCC2=O)c1. The zero-order chi connectivity index (χ0) is 19.8. The number of carbonyl (C=O) groups is 2. The Morgan fingerprint density at radius 2 is 1.96 bits per heavy atom. The van der Waals surface area contributed by atoms with Crippen molar-refractivity contribution < 1.29 is 19.1 Å². The molecule has 0 radical (unpaired) electrons. The van der Waals surface area contributed by atoms with Gasteiger partial charge in [-0.25, -0.2) is 0 Å². The molecule has 0 atom stereocenters. The van der Waals surface area contributed by atoms with Crippen molar-refractivity contribution in [3.8, 4) is 5.75 Å². The van der Waals surface area contributed by atoms with E-state index in [-0.39, 0.29) is 11.8 Å². The van der Waals surface area contributed by atoms with Gasteiger partial charge in [-0.3, -0.25) is 9.59 Å².